The summed E-state index contributed by atoms with van der Waals surface area (Å²) in [4.78, 5) is 11.3. The van der Waals surface area contributed by atoms with Crippen molar-refractivity contribution in [3.8, 4) is 5.75 Å². The van der Waals surface area contributed by atoms with Gasteiger partial charge in [-0.2, -0.15) is 0 Å². The molecule has 0 aromatic heterocycles. The second-order valence-corrected chi connectivity index (χ2v) is 3.96. The van der Waals surface area contributed by atoms with Crippen LogP contribution in [0.25, 0.3) is 0 Å². The number of rotatable bonds is 5. The molecule has 0 amide bonds. The maximum Gasteiger partial charge on any atom is 0.347 e. The van der Waals surface area contributed by atoms with E-state index in [4.69, 9.17) is 15.2 Å². The van der Waals surface area contributed by atoms with Crippen LogP contribution in [0, 0.1) is 5.82 Å². The molecule has 1 aromatic carbocycles. The van der Waals surface area contributed by atoms with Crippen molar-refractivity contribution < 1.29 is 18.7 Å². The van der Waals surface area contributed by atoms with Crippen LogP contribution in [0.4, 0.5) is 4.39 Å². The first-order valence-corrected chi connectivity index (χ1v) is 5.79. The second kappa shape index (κ2) is 6.30. The lowest BCUT2D eigenvalue weighted by Gasteiger charge is -2.13. The fourth-order valence-electron chi connectivity index (χ4n) is 1.28. The molecular formula is C12H14FNO3S. The zero-order chi connectivity index (χ0) is 13.7. The van der Waals surface area contributed by atoms with E-state index in [-0.39, 0.29) is 22.9 Å². The molecule has 1 aromatic rings. The maximum absolute atomic E-state index is 13.5. The minimum Gasteiger partial charge on any atom is -0.479 e. The summed E-state index contributed by atoms with van der Waals surface area (Å²) in [5.74, 6) is -0.875. The second-order valence-electron chi connectivity index (χ2n) is 3.52. The third-order valence-electron chi connectivity index (χ3n) is 2.14. The molecule has 0 heterocycles. The fraction of sp³-hybridized carbons (Fsp3) is 0.333. The van der Waals surface area contributed by atoms with Gasteiger partial charge in [-0.15, -0.1) is 0 Å². The molecule has 0 radical (unpaired) electrons. The van der Waals surface area contributed by atoms with Gasteiger partial charge in [-0.05, 0) is 26.0 Å². The molecule has 0 aliphatic rings. The van der Waals surface area contributed by atoms with Crippen molar-refractivity contribution in [3.05, 3.63) is 29.6 Å². The zero-order valence-corrected chi connectivity index (χ0v) is 10.9. The predicted octanol–water partition coefficient (Wildman–Crippen LogP) is 1.79. The van der Waals surface area contributed by atoms with E-state index in [1.165, 1.54) is 19.1 Å². The molecule has 0 aliphatic carbocycles. The summed E-state index contributed by atoms with van der Waals surface area (Å²) in [6, 6.07) is 4.03. The van der Waals surface area contributed by atoms with Gasteiger partial charge in [0.1, 0.15) is 16.6 Å². The van der Waals surface area contributed by atoms with Gasteiger partial charge in [0, 0.05) is 11.6 Å². The number of hydrogen-bond donors (Lipinski definition) is 1. The predicted molar refractivity (Wildman–Crippen MR) is 69.0 cm³/mol. The average Bonchev–Trinajstić information content (AvgIpc) is 2.28. The molecule has 2 N–H and O–H groups in total. The normalized spacial score (nSPS) is 11.7. The van der Waals surface area contributed by atoms with Gasteiger partial charge in [0.25, 0.3) is 0 Å². The Morgan fingerprint density at radius 1 is 1.56 bits per heavy atom. The lowest BCUT2D eigenvalue weighted by Crippen LogP contribution is -2.26. The number of esters is 1. The van der Waals surface area contributed by atoms with Gasteiger partial charge < -0.3 is 15.2 Å². The lowest BCUT2D eigenvalue weighted by atomic mass is 10.2. The molecule has 1 rings (SSSR count). The first-order valence-electron chi connectivity index (χ1n) is 5.38. The Kier molecular flexibility index (Phi) is 5.03. The minimum absolute atomic E-state index is 0.0301. The van der Waals surface area contributed by atoms with Crippen molar-refractivity contribution in [1.29, 1.82) is 0 Å². The first kappa shape index (κ1) is 14.4. The van der Waals surface area contributed by atoms with Crippen molar-refractivity contribution >= 4 is 23.2 Å². The van der Waals surface area contributed by atoms with Crippen molar-refractivity contribution in [1.82, 2.24) is 0 Å². The maximum atomic E-state index is 13.5. The average molecular weight is 271 g/mol. The third-order valence-corrected chi connectivity index (χ3v) is 2.36. The van der Waals surface area contributed by atoms with E-state index < -0.39 is 17.9 Å². The number of carbonyl (C=O) groups excluding carboxylic acids is 1. The van der Waals surface area contributed by atoms with Crippen LogP contribution in [0.2, 0.25) is 0 Å². The van der Waals surface area contributed by atoms with E-state index >= 15 is 0 Å². The van der Waals surface area contributed by atoms with E-state index in [0.717, 1.165) is 6.07 Å². The highest BCUT2D eigenvalue weighted by Gasteiger charge is 2.16. The van der Waals surface area contributed by atoms with Gasteiger partial charge in [0.2, 0.25) is 0 Å². The lowest BCUT2D eigenvalue weighted by molar-refractivity contribution is -0.150. The molecule has 0 saturated carbocycles. The number of hydrogen-bond acceptors (Lipinski definition) is 4. The van der Waals surface area contributed by atoms with E-state index in [1.54, 1.807) is 6.92 Å². The van der Waals surface area contributed by atoms with Crippen LogP contribution in [0.3, 0.4) is 0 Å². The number of benzene rings is 1. The van der Waals surface area contributed by atoms with Crippen molar-refractivity contribution in [3.63, 3.8) is 0 Å². The largest absolute Gasteiger partial charge is 0.479 e. The van der Waals surface area contributed by atoms with Crippen LogP contribution in [-0.2, 0) is 9.53 Å². The highest BCUT2D eigenvalue weighted by atomic mass is 32.1. The quantitative estimate of drug-likeness (QED) is 0.653. The molecule has 0 fully saturated rings. The Labute approximate surface area is 110 Å². The number of halogens is 1. The zero-order valence-electron chi connectivity index (χ0n) is 10.1. The molecule has 4 nitrogen and oxygen atoms in total. The molecule has 0 spiro atoms. The SMILES string of the molecule is CCOC(=O)C(C)Oc1ccc(C(N)=S)c(F)c1. The topological polar surface area (TPSA) is 61.5 Å². The van der Waals surface area contributed by atoms with Gasteiger partial charge in [-0.1, -0.05) is 12.2 Å². The van der Waals surface area contributed by atoms with Gasteiger partial charge in [-0.25, -0.2) is 9.18 Å². The first-order chi connectivity index (χ1) is 8.45. The Hall–Kier alpha value is -1.69. The van der Waals surface area contributed by atoms with E-state index in [1.807, 2.05) is 0 Å². The highest BCUT2D eigenvalue weighted by molar-refractivity contribution is 7.80. The van der Waals surface area contributed by atoms with Gasteiger partial charge in [0.15, 0.2) is 6.10 Å². The fourth-order valence-corrected chi connectivity index (χ4v) is 1.45. The molecule has 98 valence electrons. The number of ether oxygens (including phenoxy) is 2. The van der Waals surface area contributed by atoms with E-state index in [0.29, 0.717) is 0 Å². The molecule has 0 aliphatic heterocycles. The van der Waals surface area contributed by atoms with Crippen LogP contribution in [-0.4, -0.2) is 23.7 Å². The Morgan fingerprint density at radius 2 is 2.22 bits per heavy atom. The van der Waals surface area contributed by atoms with Gasteiger partial charge in [0.05, 0.1) is 6.61 Å². The Bertz CT molecular complexity index is 465. The molecular weight excluding hydrogens is 257 g/mol. The van der Waals surface area contributed by atoms with Crippen molar-refractivity contribution in [2.75, 3.05) is 6.61 Å². The summed E-state index contributed by atoms with van der Waals surface area (Å²) in [5.41, 5.74) is 5.47. The molecule has 1 unspecified atom stereocenters. The summed E-state index contributed by atoms with van der Waals surface area (Å²) in [7, 11) is 0. The smallest absolute Gasteiger partial charge is 0.347 e. The summed E-state index contributed by atoms with van der Waals surface area (Å²) in [6.07, 6.45) is -0.806. The molecule has 1 atom stereocenters. The summed E-state index contributed by atoms with van der Waals surface area (Å²) < 4.78 is 23.6. The van der Waals surface area contributed by atoms with Crippen LogP contribution < -0.4 is 10.5 Å². The molecule has 18 heavy (non-hydrogen) atoms. The van der Waals surface area contributed by atoms with Crippen LogP contribution in [0.1, 0.15) is 19.4 Å². The molecule has 6 heteroatoms. The van der Waals surface area contributed by atoms with E-state index in [9.17, 15) is 9.18 Å². The monoisotopic (exact) mass is 271 g/mol. The number of carbonyl (C=O) groups is 1. The van der Waals surface area contributed by atoms with Crippen LogP contribution >= 0.6 is 12.2 Å². The van der Waals surface area contributed by atoms with Crippen LogP contribution in [0.15, 0.2) is 18.2 Å². The minimum atomic E-state index is -0.806. The van der Waals surface area contributed by atoms with Gasteiger partial charge in [-0.3, -0.25) is 0 Å². The molecule has 0 saturated heterocycles. The van der Waals surface area contributed by atoms with Crippen LogP contribution in [0.5, 0.6) is 5.75 Å². The van der Waals surface area contributed by atoms with Gasteiger partial charge >= 0.3 is 5.97 Å². The third kappa shape index (κ3) is 3.66. The highest BCUT2D eigenvalue weighted by Crippen LogP contribution is 2.18. The Balaban J connectivity index is 2.77. The number of nitrogens with two attached hydrogens (primary N) is 1. The summed E-state index contributed by atoms with van der Waals surface area (Å²) in [6.45, 7) is 3.49. The molecule has 0 bridgehead atoms. The standard InChI is InChI=1S/C12H14FNO3S/c1-3-16-12(15)7(2)17-8-4-5-9(11(14)18)10(13)6-8/h4-7H,3H2,1-2H3,(H2,14,18). The number of thiocarbonyl (C=S) groups is 1. The van der Waals surface area contributed by atoms with Crippen molar-refractivity contribution in [2.24, 2.45) is 5.73 Å². The Morgan fingerprint density at radius 3 is 2.72 bits per heavy atom. The van der Waals surface area contributed by atoms with E-state index in [2.05, 4.69) is 12.2 Å². The summed E-state index contributed by atoms with van der Waals surface area (Å²) in [5, 5.41) is 0. The summed E-state index contributed by atoms with van der Waals surface area (Å²) >= 11 is 4.68. The van der Waals surface area contributed by atoms with Crippen molar-refractivity contribution in [2.45, 2.75) is 20.0 Å².